The van der Waals surface area contributed by atoms with Gasteiger partial charge >= 0.3 is 35.5 Å². The van der Waals surface area contributed by atoms with Gasteiger partial charge in [0.15, 0.2) is 11.4 Å². The maximum absolute atomic E-state index is 12.8. The zero-order chi connectivity index (χ0) is 26.4. The molecule has 0 spiro atoms. The van der Waals surface area contributed by atoms with E-state index in [4.69, 9.17) is 0 Å². The number of aromatic amines is 1. The number of phenolic OH excluding ortho intramolecular Hbond substituents is 1. The Hall–Kier alpha value is -3.06. The van der Waals surface area contributed by atoms with Crippen molar-refractivity contribution in [1.82, 2.24) is 9.78 Å². The van der Waals surface area contributed by atoms with Crippen molar-refractivity contribution in [3.05, 3.63) is 70.6 Å². The molecule has 1 aromatic heterocycles. The molecule has 0 aliphatic carbocycles. The molecule has 37 heavy (non-hydrogen) atoms. The SMILES string of the molecule is O=C(O)c1[nH]n(-c2ccc(S(=O)(=O)[O-])cc2)c(=O)c1N=Nc1ccc2cc(S(O)(O)O)cc(O)c2c1.[Na+]. The van der Waals surface area contributed by atoms with E-state index in [1.54, 1.807) is 0 Å². The number of aromatic carboxylic acids is 1. The van der Waals surface area contributed by atoms with Crippen molar-refractivity contribution < 1.29 is 71.2 Å². The number of H-pyrrole nitrogens is 1. The molecule has 0 aliphatic heterocycles. The molecule has 0 amide bonds. The molecule has 188 valence electrons. The van der Waals surface area contributed by atoms with Crippen molar-refractivity contribution in [2.45, 2.75) is 9.79 Å². The third kappa shape index (κ3) is 5.93. The number of azo groups is 1. The zero-order valence-corrected chi connectivity index (χ0v) is 22.3. The summed E-state index contributed by atoms with van der Waals surface area (Å²) in [6.45, 7) is 0. The number of carboxylic acids is 1. The van der Waals surface area contributed by atoms with Gasteiger partial charge in [0.2, 0.25) is 0 Å². The Balaban J connectivity index is 0.00000380. The van der Waals surface area contributed by atoms with E-state index in [9.17, 15) is 46.4 Å². The normalized spacial score (nSPS) is 12.5. The van der Waals surface area contributed by atoms with E-state index < -0.39 is 54.5 Å². The van der Waals surface area contributed by atoms with E-state index in [-0.39, 0.29) is 51.2 Å². The summed E-state index contributed by atoms with van der Waals surface area (Å²) in [5.74, 6) is -1.95. The molecule has 0 bridgehead atoms. The van der Waals surface area contributed by atoms with E-state index in [1.807, 2.05) is 0 Å². The first-order chi connectivity index (χ1) is 16.8. The van der Waals surface area contributed by atoms with Gasteiger partial charge < -0.3 is 28.4 Å². The Morgan fingerprint density at radius 1 is 0.946 bits per heavy atom. The number of hydrogen-bond donors (Lipinski definition) is 6. The summed E-state index contributed by atoms with van der Waals surface area (Å²) in [6.07, 6.45) is 0. The number of carbonyl (C=O) groups is 1. The number of carboxylic acid groups (broad SMARTS) is 1. The molecule has 0 saturated carbocycles. The maximum atomic E-state index is 12.8. The molecular formula is C20H15N4NaO10S2. The van der Waals surface area contributed by atoms with Crippen LogP contribution in [0.4, 0.5) is 11.4 Å². The minimum absolute atomic E-state index is 0. The number of benzene rings is 3. The molecule has 14 nitrogen and oxygen atoms in total. The largest absolute Gasteiger partial charge is 1.00 e. The van der Waals surface area contributed by atoms with Crippen molar-refractivity contribution in [1.29, 1.82) is 0 Å². The van der Waals surface area contributed by atoms with Crippen LogP contribution in [0.3, 0.4) is 0 Å². The smallest absolute Gasteiger partial charge is 0.744 e. The molecule has 0 saturated heterocycles. The van der Waals surface area contributed by atoms with Crippen LogP contribution in [-0.2, 0) is 10.1 Å². The maximum Gasteiger partial charge on any atom is 1.00 e. The summed E-state index contributed by atoms with van der Waals surface area (Å²) < 4.78 is 62.2. The van der Waals surface area contributed by atoms with Crippen LogP contribution in [-0.4, -0.2) is 52.6 Å². The topological polar surface area (TPSA) is 238 Å². The predicted octanol–water partition coefficient (Wildman–Crippen LogP) is 0.629. The van der Waals surface area contributed by atoms with E-state index >= 15 is 0 Å². The van der Waals surface area contributed by atoms with Crippen LogP contribution in [0.25, 0.3) is 16.5 Å². The van der Waals surface area contributed by atoms with E-state index in [2.05, 4.69) is 15.3 Å². The van der Waals surface area contributed by atoms with Gasteiger partial charge in [-0.15, -0.1) is 5.11 Å². The fraction of sp³-hybridized carbons (Fsp3) is 0. The van der Waals surface area contributed by atoms with E-state index in [1.165, 1.54) is 24.3 Å². The fourth-order valence-electron chi connectivity index (χ4n) is 3.24. The van der Waals surface area contributed by atoms with E-state index in [0.717, 1.165) is 35.0 Å². The van der Waals surface area contributed by atoms with Crippen LogP contribution < -0.4 is 35.1 Å². The molecule has 0 unspecified atom stereocenters. The molecule has 4 rings (SSSR count). The van der Waals surface area contributed by atoms with Gasteiger partial charge in [0.1, 0.15) is 26.7 Å². The van der Waals surface area contributed by atoms with Gasteiger partial charge in [0.25, 0.3) is 5.56 Å². The Kier molecular flexibility index (Phi) is 7.99. The zero-order valence-electron chi connectivity index (χ0n) is 18.6. The van der Waals surface area contributed by atoms with Crippen LogP contribution >= 0.6 is 10.9 Å². The van der Waals surface area contributed by atoms with Gasteiger partial charge in [-0.3, -0.25) is 9.89 Å². The molecule has 0 fully saturated rings. The number of rotatable bonds is 6. The molecular weight excluding hydrogens is 543 g/mol. The van der Waals surface area contributed by atoms with Gasteiger partial charge in [-0.25, -0.2) is 17.9 Å². The molecule has 3 aromatic carbocycles. The minimum Gasteiger partial charge on any atom is -0.744 e. The molecule has 0 atom stereocenters. The summed E-state index contributed by atoms with van der Waals surface area (Å²) in [5.41, 5.74) is -2.02. The molecule has 0 radical (unpaired) electrons. The summed E-state index contributed by atoms with van der Waals surface area (Å²) in [5, 5.41) is 30.1. The van der Waals surface area contributed by atoms with Crippen LogP contribution in [0.15, 0.2) is 79.4 Å². The van der Waals surface area contributed by atoms with E-state index in [0.29, 0.717) is 5.39 Å². The van der Waals surface area contributed by atoms with Gasteiger partial charge in [-0.1, -0.05) is 6.07 Å². The van der Waals surface area contributed by atoms with Crippen LogP contribution in [0.2, 0.25) is 0 Å². The Bertz CT molecular complexity index is 1710. The first kappa shape index (κ1) is 28.5. The van der Waals surface area contributed by atoms with Crippen LogP contribution in [0.5, 0.6) is 5.75 Å². The average Bonchev–Trinajstić information content (AvgIpc) is 3.13. The number of hydrogen-bond acceptors (Lipinski definition) is 11. The predicted molar refractivity (Wildman–Crippen MR) is 125 cm³/mol. The van der Waals surface area contributed by atoms with Crippen LogP contribution in [0, 0.1) is 0 Å². The average molecular weight is 558 g/mol. The fourth-order valence-corrected chi connectivity index (χ4v) is 4.27. The Morgan fingerprint density at radius 2 is 1.59 bits per heavy atom. The number of aromatic nitrogens is 2. The standard InChI is InChI=1S/C20H16N4O10S2.Na/c25-16-9-14(36(32,33)34)7-10-1-2-11(8-15(10)16)21-22-17-18(20(27)28)23-24(19(17)26)12-3-5-13(6-4-12)35(29,30)31;/h1-9,23,25,32-34H,(H,27,28)(H,29,30,31);/q;+1/p-1. The quantitative estimate of drug-likeness (QED) is 0.110. The number of phenols is 1. The summed E-state index contributed by atoms with van der Waals surface area (Å²) >= 11 is 0. The van der Waals surface area contributed by atoms with Gasteiger partial charge in [0, 0.05) is 5.39 Å². The second kappa shape index (κ2) is 10.4. The van der Waals surface area contributed by atoms with Crippen molar-refractivity contribution >= 4 is 49.1 Å². The number of fused-ring (bicyclic) bond motifs is 1. The summed E-state index contributed by atoms with van der Waals surface area (Å²) in [6, 6.07) is 10.5. The van der Waals surface area contributed by atoms with Crippen molar-refractivity contribution in [2.24, 2.45) is 10.2 Å². The third-order valence-electron chi connectivity index (χ3n) is 4.93. The van der Waals surface area contributed by atoms with Crippen LogP contribution in [0.1, 0.15) is 10.5 Å². The molecule has 4 aromatic rings. The number of nitrogens with zero attached hydrogens (tertiary/aromatic N) is 3. The second-order valence-electron chi connectivity index (χ2n) is 7.30. The molecule has 17 heteroatoms. The molecule has 1 heterocycles. The summed E-state index contributed by atoms with van der Waals surface area (Å²) in [7, 11) is -8.79. The number of aromatic hydroxyl groups is 1. The molecule has 6 N–H and O–H groups in total. The Morgan fingerprint density at radius 3 is 2.16 bits per heavy atom. The van der Waals surface area contributed by atoms with Crippen molar-refractivity contribution in [3.63, 3.8) is 0 Å². The van der Waals surface area contributed by atoms with Gasteiger partial charge in [-0.2, -0.15) is 5.11 Å². The monoisotopic (exact) mass is 558 g/mol. The summed E-state index contributed by atoms with van der Waals surface area (Å²) in [4.78, 5) is 23.6. The first-order valence-corrected chi connectivity index (χ1v) is 12.5. The number of nitrogens with one attached hydrogen (secondary N) is 1. The Labute approximate surface area is 231 Å². The van der Waals surface area contributed by atoms with Gasteiger partial charge in [0.05, 0.1) is 21.2 Å². The molecule has 0 aliphatic rings. The van der Waals surface area contributed by atoms with Crippen molar-refractivity contribution in [2.75, 3.05) is 0 Å². The first-order valence-electron chi connectivity index (χ1n) is 9.59. The second-order valence-corrected chi connectivity index (χ2v) is 10.2. The van der Waals surface area contributed by atoms with Gasteiger partial charge in [-0.05, 0) is 53.9 Å². The minimum atomic E-state index is -4.73. The third-order valence-corrected chi connectivity index (χ3v) is 6.65. The van der Waals surface area contributed by atoms with Crippen molar-refractivity contribution in [3.8, 4) is 11.4 Å².